The molecule has 1 rings (SSSR count). The summed E-state index contributed by atoms with van der Waals surface area (Å²) >= 11 is 0. The van der Waals surface area contributed by atoms with Gasteiger partial charge in [0.2, 0.25) is 0 Å². The number of carboxylic acid groups (broad SMARTS) is 1. The summed E-state index contributed by atoms with van der Waals surface area (Å²) in [7, 11) is 0. The lowest BCUT2D eigenvalue weighted by Crippen LogP contribution is -1.96. The lowest BCUT2D eigenvalue weighted by atomic mass is 10.1. The smallest absolute Gasteiger partial charge is 0.303 e. The largest absolute Gasteiger partial charge is 0.481 e. The van der Waals surface area contributed by atoms with Crippen LogP contribution in [-0.2, 0) is 11.3 Å². The van der Waals surface area contributed by atoms with E-state index >= 15 is 0 Å². The molecule has 1 aromatic heterocycles. The second kappa shape index (κ2) is 6.24. The fourth-order valence-corrected chi connectivity index (χ4v) is 1.44. The Morgan fingerprint density at radius 1 is 1.07 bits per heavy atom. The molecule has 0 atom stereocenters. The van der Waals surface area contributed by atoms with E-state index in [1.54, 1.807) is 0 Å². The highest BCUT2D eigenvalue weighted by Gasteiger charge is 1.96. The Morgan fingerprint density at radius 2 is 1.71 bits per heavy atom. The van der Waals surface area contributed by atoms with E-state index in [1.807, 2.05) is 12.1 Å². The lowest BCUT2D eigenvalue weighted by molar-refractivity contribution is -0.137. The van der Waals surface area contributed by atoms with Crippen molar-refractivity contribution in [1.29, 1.82) is 0 Å². The van der Waals surface area contributed by atoms with Crippen LogP contribution in [0.5, 0.6) is 0 Å². The number of rotatable bonds is 7. The molecule has 0 bridgehead atoms. The third-order valence-electron chi connectivity index (χ3n) is 2.22. The number of hydrogen-bond donors (Lipinski definition) is 1. The van der Waals surface area contributed by atoms with E-state index in [-0.39, 0.29) is 0 Å². The number of hydrogen-bond acceptors (Lipinski definition) is 1. The van der Waals surface area contributed by atoms with Crippen molar-refractivity contribution in [2.24, 2.45) is 0 Å². The van der Waals surface area contributed by atoms with Gasteiger partial charge in [0.05, 0.1) is 0 Å². The Bertz CT molecular complexity index is 254. The number of carbonyl (C=O) groups is 1. The summed E-state index contributed by atoms with van der Waals surface area (Å²) in [5.41, 5.74) is 0. The van der Waals surface area contributed by atoms with Crippen LogP contribution in [-0.4, -0.2) is 15.6 Å². The summed E-state index contributed by atoms with van der Waals surface area (Å²) in [6.45, 7) is 1.04. The summed E-state index contributed by atoms with van der Waals surface area (Å²) in [4.78, 5) is 10.2. The minimum atomic E-state index is -0.685. The summed E-state index contributed by atoms with van der Waals surface area (Å²) in [6.07, 6.45) is 8.49. The highest BCUT2D eigenvalue weighted by molar-refractivity contribution is 5.66. The van der Waals surface area contributed by atoms with Crippen molar-refractivity contribution in [3.05, 3.63) is 24.5 Å². The molecule has 0 aliphatic rings. The molecule has 0 saturated heterocycles. The van der Waals surface area contributed by atoms with Gasteiger partial charge >= 0.3 is 5.97 Å². The van der Waals surface area contributed by atoms with Gasteiger partial charge < -0.3 is 9.67 Å². The predicted molar refractivity (Wildman–Crippen MR) is 55.2 cm³/mol. The maximum Gasteiger partial charge on any atom is 0.303 e. The molecule has 1 N–H and O–H groups in total. The zero-order valence-electron chi connectivity index (χ0n) is 8.35. The Balaban J connectivity index is 1.92. The molecule has 0 amide bonds. The molecule has 14 heavy (non-hydrogen) atoms. The number of unbranched alkanes of at least 4 members (excludes halogenated alkanes) is 3. The van der Waals surface area contributed by atoms with Crippen LogP contribution in [0.2, 0.25) is 0 Å². The third kappa shape index (κ3) is 4.70. The van der Waals surface area contributed by atoms with Gasteiger partial charge in [-0.2, -0.15) is 0 Å². The molecule has 0 fully saturated rings. The van der Waals surface area contributed by atoms with Crippen molar-refractivity contribution in [1.82, 2.24) is 4.57 Å². The number of aryl methyl sites for hydroxylation is 1. The average molecular weight is 195 g/mol. The van der Waals surface area contributed by atoms with Crippen LogP contribution in [0.25, 0.3) is 0 Å². The summed E-state index contributed by atoms with van der Waals surface area (Å²) < 4.78 is 2.15. The molecule has 3 heteroatoms. The topological polar surface area (TPSA) is 42.2 Å². The molecule has 0 unspecified atom stereocenters. The van der Waals surface area contributed by atoms with E-state index in [4.69, 9.17) is 5.11 Å². The van der Waals surface area contributed by atoms with Gasteiger partial charge in [-0.05, 0) is 25.0 Å². The van der Waals surface area contributed by atoms with E-state index in [0.29, 0.717) is 6.42 Å². The first-order chi connectivity index (χ1) is 6.79. The van der Waals surface area contributed by atoms with Crippen molar-refractivity contribution < 1.29 is 9.90 Å². The predicted octanol–water partition coefficient (Wildman–Crippen LogP) is 2.52. The summed E-state index contributed by atoms with van der Waals surface area (Å²) in [5.74, 6) is -0.685. The van der Waals surface area contributed by atoms with Gasteiger partial charge in [-0.15, -0.1) is 0 Å². The quantitative estimate of drug-likeness (QED) is 0.679. The van der Waals surface area contributed by atoms with Crippen LogP contribution < -0.4 is 0 Å². The first kappa shape index (κ1) is 10.8. The van der Waals surface area contributed by atoms with E-state index < -0.39 is 5.97 Å². The van der Waals surface area contributed by atoms with Gasteiger partial charge in [0.15, 0.2) is 0 Å². The Hall–Kier alpha value is -1.25. The van der Waals surface area contributed by atoms with Crippen molar-refractivity contribution in [2.45, 2.75) is 38.6 Å². The van der Waals surface area contributed by atoms with Crippen LogP contribution in [0.3, 0.4) is 0 Å². The molecule has 78 valence electrons. The highest BCUT2D eigenvalue weighted by Crippen LogP contribution is 2.04. The minimum absolute atomic E-state index is 0.309. The normalized spacial score (nSPS) is 10.3. The number of aromatic nitrogens is 1. The second-order valence-corrected chi connectivity index (χ2v) is 3.48. The van der Waals surface area contributed by atoms with Gasteiger partial charge in [-0.3, -0.25) is 4.79 Å². The molecule has 0 aliphatic carbocycles. The molecule has 3 nitrogen and oxygen atoms in total. The SMILES string of the molecule is O=C(O)CCCCCCn1cccc1. The lowest BCUT2D eigenvalue weighted by Gasteiger charge is -2.01. The molecule has 0 saturated carbocycles. The van der Waals surface area contributed by atoms with Crippen molar-refractivity contribution in [3.63, 3.8) is 0 Å². The Morgan fingerprint density at radius 3 is 2.36 bits per heavy atom. The monoisotopic (exact) mass is 195 g/mol. The standard InChI is InChI=1S/C11H17NO2/c13-11(14)7-3-1-2-4-8-12-9-5-6-10-12/h5-6,9-10H,1-4,7-8H2,(H,13,14). The van der Waals surface area contributed by atoms with Crippen LogP contribution >= 0.6 is 0 Å². The third-order valence-corrected chi connectivity index (χ3v) is 2.22. The maximum atomic E-state index is 10.2. The van der Waals surface area contributed by atoms with Crippen LogP contribution in [0.15, 0.2) is 24.5 Å². The molecule has 0 aromatic carbocycles. The number of aliphatic carboxylic acids is 1. The average Bonchev–Trinajstić information content (AvgIpc) is 2.63. The van der Waals surface area contributed by atoms with E-state index in [0.717, 1.165) is 32.2 Å². The molecular formula is C11H17NO2. The van der Waals surface area contributed by atoms with E-state index in [2.05, 4.69) is 17.0 Å². The zero-order valence-corrected chi connectivity index (χ0v) is 8.35. The van der Waals surface area contributed by atoms with Gasteiger partial charge in [-0.1, -0.05) is 12.8 Å². The molecule has 0 radical (unpaired) electrons. The van der Waals surface area contributed by atoms with Crippen LogP contribution in [0.1, 0.15) is 32.1 Å². The van der Waals surface area contributed by atoms with Gasteiger partial charge in [0.1, 0.15) is 0 Å². The van der Waals surface area contributed by atoms with Gasteiger partial charge in [0.25, 0.3) is 0 Å². The van der Waals surface area contributed by atoms with Crippen molar-refractivity contribution in [3.8, 4) is 0 Å². The molecule has 0 spiro atoms. The molecule has 1 heterocycles. The Kier molecular flexibility index (Phi) is 4.83. The van der Waals surface area contributed by atoms with E-state index in [9.17, 15) is 4.79 Å². The highest BCUT2D eigenvalue weighted by atomic mass is 16.4. The first-order valence-corrected chi connectivity index (χ1v) is 5.11. The summed E-state index contributed by atoms with van der Waals surface area (Å²) in [5, 5.41) is 8.42. The Labute approximate surface area is 84.4 Å². The number of nitrogens with zero attached hydrogens (tertiary/aromatic N) is 1. The van der Waals surface area contributed by atoms with Gasteiger partial charge in [-0.25, -0.2) is 0 Å². The van der Waals surface area contributed by atoms with Crippen molar-refractivity contribution >= 4 is 5.97 Å². The molecule has 1 aromatic rings. The van der Waals surface area contributed by atoms with Crippen LogP contribution in [0, 0.1) is 0 Å². The maximum absolute atomic E-state index is 10.2. The minimum Gasteiger partial charge on any atom is -0.481 e. The molecular weight excluding hydrogens is 178 g/mol. The van der Waals surface area contributed by atoms with Crippen molar-refractivity contribution in [2.75, 3.05) is 0 Å². The fourth-order valence-electron chi connectivity index (χ4n) is 1.44. The zero-order chi connectivity index (χ0) is 10.2. The van der Waals surface area contributed by atoms with Crippen LogP contribution in [0.4, 0.5) is 0 Å². The fraction of sp³-hybridized carbons (Fsp3) is 0.545. The van der Waals surface area contributed by atoms with Gasteiger partial charge in [0, 0.05) is 25.4 Å². The number of carboxylic acids is 1. The second-order valence-electron chi connectivity index (χ2n) is 3.48. The summed E-state index contributed by atoms with van der Waals surface area (Å²) in [6, 6.07) is 4.04. The van der Waals surface area contributed by atoms with E-state index in [1.165, 1.54) is 0 Å². The molecule has 0 aliphatic heterocycles. The first-order valence-electron chi connectivity index (χ1n) is 5.11.